The molecule has 7 heteroatoms. The number of halogens is 1. The van der Waals surface area contributed by atoms with Gasteiger partial charge in [-0.1, -0.05) is 24.3 Å². The van der Waals surface area contributed by atoms with Crippen LogP contribution < -0.4 is 10.0 Å². The van der Waals surface area contributed by atoms with Crippen LogP contribution in [0.15, 0.2) is 54.6 Å². The fourth-order valence-corrected chi connectivity index (χ4v) is 2.97. The van der Waals surface area contributed by atoms with Gasteiger partial charge in [-0.05, 0) is 54.8 Å². The summed E-state index contributed by atoms with van der Waals surface area (Å²) in [5.41, 5.74) is 2.67. The van der Waals surface area contributed by atoms with Crippen molar-refractivity contribution >= 4 is 27.2 Å². The predicted molar refractivity (Wildman–Crippen MR) is 102 cm³/mol. The van der Waals surface area contributed by atoms with Crippen LogP contribution in [0.25, 0.3) is 5.57 Å². The minimum absolute atomic E-state index is 0.291. The van der Waals surface area contributed by atoms with Crippen molar-refractivity contribution < 1.29 is 17.6 Å². The monoisotopic (exact) mass is 376 g/mol. The molecule has 0 bridgehead atoms. The molecule has 0 saturated carbocycles. The molecule has 5 nitrogen and oxygen atoms in total. The third-order valence-electron chi connectivity index (χ3n) is 3.70. The van der Waals surface area contributed by atoms with E-state index in [-0.39, 0.29) is 17.8 Å². The van der Waals surface area contributed by atoms with Gasteiger partial charge < -0.3 is 5.32 Å². The Morgan fingerprint density at radius 2 is 1.81 bits per heavy atom. The molecule has 0 aromatic heterocycles. The third kappa shape index (κ3) is 6.00. The smallest absolute Gasteiger partial charge is 0.244 e. The normalized spacial score (nSPS) is 13.2. The van der Waals surface area contributed by atoms with E-state index in [4.69, 9.17) is 0 Å². The Morgan fingerprint density at radius 1 is 1.15 bits per heavy atom. The van der Waals surface area contributed by atoms with Crippen molar-refractivity contribution in [1.82, 2.24) is 5.32 Å². The first kappa shape index (κ1) is 19.7. The molecule has 0 fully saturated rings. The molecule has 1 unspecified atom stereocenters. The maximum atomic E-state index is 13.0. The summed E-state index contributed by atoms with van der Waals surface area (Å²) >= 11 is 0. The zero-order chi connectivity index (χ0) is 19.3. The molecule has 0 radical (unpaired) electrons. The van der Waals surface area contributed by atoms with E-state index >= 15 is 0 Å². The average molecular weight is 376 g/mol. The lowest BCUT2D eigenvalue weighted by molar-refractivity contribution is -0.117. The quantitative estimate of drug-likeness (QED) is 0.758. The first-order chi connectivity index (χ1) is 12.1. The molecule has 0 aliphatic carbocycles. The van der Waals surface area contributed by atoms with Crippen molar-refractivity contribution in [1.29, 1.82) is 0 Å². The summed E-state index contributed by atoms with van der Waals surface area (Å²) in [6, 6.07) is 12.4. The summed E-state index contributed by atoms with van der Waals surface area (Å²) in [4.78, 5) is 12.2. The van der Waals surface area contributed by atoms with E-state index in [2.05, 4.69) is 10.0 Å². The minimum Gasteiger partial charge on any atom is -0.346 e. The SMILES string of the molecule is C/C(=C/C(=O)NC(C)c1cccc(NS(C)(=O)=O)c1)c1ccc(F)cc1. The highest BCUT2D eigenvalue weighted by molar-refractivity contribution is 7.92. The highest BCUT2D eigenvalue weighted by Crippen LogP contribution is 2.19. The molecule has 0 heterocycles. The van der Waals surface area contributed by atoms with Crippen LogP contribution in [-0.4, -0.2) is 20.6 Å². The number of carbonyl (C=O) groups excluding carboxylic acids is 1. The number of sulfonamides is 1. The molecule has 0 spiro atoms. The highest BCUT2D eigenvalue weighted by atomic mass is 32.2. The molecule has 1 atom stereocenters. The van der Waals surface area contributed by atoms with Crippen LogP contribution in [0, 0.1) is 5.82 Å². The van der Waals surface area contributed by atoms with Gasteiger partial charge in [-0.25, -0.2) is 12.8 Å². The number of hydrogen-bond acceptors (Lipinski definition) is 3. The summed E-state index contributed by atoms with van der Waals surface area (Å²) in [5.74, 6) is -0.622. The average Bonchev–Trinajstić information content (AvgIpc) is 2.53. The fraction of sp³-hybridized carbons (Fsp3) is 0.211. The molecular weight excluding hydrogens is 355 g/mol. The Bertz CT molecular complexity index is 922. The Morgan fingerprint density at radius 3 is 2.42 bits per heavy atom. The van der Waals surface area contributed by atoms with Crippen molar-refractivity contribution in [2.24, 2.45) is 0 Å². The first-order valence-electron chi connectivity index (χ1n) is 7.96. The van der Waals surface area contributed by atoms with Crippen LogP contribution in [0.5, 0.6) is 0 Å². The Labute approximate surface area is 153 Å². The standard InChI is InChI=1S/C19H21FN2O3S/c1-13(15-7-9-17(20)10-8-15)11-19(23)21-14(2)16-5-4-6-18(12-16)22-26(3,24)25/h4-12,14,22H,1-3H3,(H,21,23)/b13-11-. The summed E-state index contributed by atoms with van der Waals surface area (Å²) in [7, 11) is -3.37. The number of nitrogens with one attached hydrogen (secondary N) is 2. The van der Waals surface area contributed by atoms with Gasteiger partial charge in [0.25, 0.3) is 0 Å². The lowest BCUT2D eigenvalue weighted by atomic mass is 10.1. The molecule has 2 N–H and O–H groups in total. The number of carbonyl (C=O) groups is 1. The summed E-state index contributed by atoms with van der Waals surface area (Å²) < 4.78 is 38.0. The van der Waals surface area contributed by atoms with E-state index in [1.54, 1.807) is 50.2 Å². The second kappa shape index (κ2) is 8.14. The molecule has 0 aliphatic rings. The van der Waals surface area contributed by atoms with E-state index in [0.717, 1.165) is 17.4 Å². The molecule has 0 saturated heterocycles. The van der Waals surface area contributed by atoms with Crippen LogP contribution in [0.3, 0.4) is 0 Å². The second-order valence-corrected chi connectivity index (χ2v) is 7.81. The zero-order valence-corrected chi connectivity index (χ0v) is 15.6. The van der Waals surface area contributed by atoms with E-state index in [1.807, 2.05) is 0 Å². The van der Waals surface area contributed by atoms with Crippen molar-refractivity contribution in [3.05, 3.63) is 71.6 Å². The van der Waals surface area contributed by atoms with E-state index in [1.165, 1.54) is 18.2 Å². The van der Waals surface area contributed by atoms with Gasteiger partial charge >= 0.3 is 0 Å². The summed E-state index contributed by atoms with van der Waals surface area (Å²) in [6.07, 6.45) is 2.52. The van der Waals surface area contributed by atoms with Crippen LogP contribution in [0.1, 0.15) is 31.0 Å². The molecule has 1 amide bonds. The van der Waals surface area contributed by atoms with Crippen LogP contribution >= 0.6 is 0 Å². The molecule has 138 valence electrons. The molecule has 2 aromatic rings. The largest absolute Gasteiger partial charge is 0.346 e. The number of anilines is 1. The molecular formula is C19H21FN2O3S. The number of allylic oxidation sites excluding steroid dienone is 1. The zero-order valence-electron chi connectivity index (χ0n) is 14.8. The van der Waals surface area contributed by atoms with Crippen LogP contribution in [0.2, 0.25) is 0 Å². The van der Waals surface area contributed by atoms with Gasteiger partial charge in [0.1, 0.15) is 5.82 Å². The molecule has 2 rings (SSSR count). The maximum absolute atomic E-state index is 13.0. The predicted octanol–water partition coefficient (Wildman–Crippen LogP) is 3.48. The van der Waals surface area contributed by atoms with Crippen molar-refractivity contribution in [3.8, 4) is 0 Å². The van der Waals surface area contributed by atoms with Gasteiger partial charge in [0.05, 0.1) is 12.3 Å². The van der Waals surface area contributed by atoms with Gasteiger partial charge in [0.2, 0.25) is 15.9 Å². The van der Waals surface area contributed by atoms with Gasteiger partial charge in [-0.15, -0.1) is 0 Å². The number of hydrogen-bond donors (Lipinski definition) is 2. The Balaban J connectivity index is 2.08. The van der Waals surface area contributed by atoms with E-state index < -0.39 is 10.0 Å². The Kier molecular flexibility index (Phi) is 6.15. The van der Waals surface area contributed by atoms with E-state index in [9.17, 15) is 17.6 Å². The van der Waals surface area contributed by atoms with Crippen LogP contribution in [0.4, 0.5) is 10.1 Å². The first-order valence-corrected chi connectivity index (χ1v) is 9.86. The van der Waals surface area contributed by atoms with Gasteiger partial charge in [-0.3, -0.25) is 9.52 Å². The van der Waals surface area contributed by atoms with E-state index in [0.29, 0.717) is 11.3 Å². The van der Waals surface area contributed by atoms with Crippen molar-refractivity contribution in [3.63, 3.8) is 0 Å². The molecule has 2 aromatic carbocycles. The van der Waals surface area contributed by atoms with Gasteiger partial charge in [0, 0.05) is 11.8 Å². The van der Waals surface area contributed by atoms with Crippen molar-refractivity contribution in [2.45, 2.75) is 19.9 Å². The molecule has 26 heavy (non-hydrogen) atoms. The molecule has 0 aliphatic heterocycles. The minimum atomic E-state index is -3.37. The Hall–Kier alpha value is -2.67. The lowest BCUT2D eigenvalue weighted by Gasteiger charge is -2.15. The lowest BCUT2D eigenvalue weighted by Crippen LogP contribution is -2.25. The number of amides is 1. The van der Waals surface area contributed by atoms with Crippen molar-refractivity contribution in [2.75, 3.05) is 11.0 Å². The fourth-order valence-electron chi connectivity index (χ4n) is 2.42. The topological polar surface area (TPSA) is 75.3 Å². The number of rotatable bonds is 6. The highest BCUT2D eigenvalue weighted by Gasteiger charge is 2.10. The number of benzene rings is 2. The van der Waals surface area contributed by atoms with Gasteiger partial charge in [0.15, 0.2) is 0 Å². The van der Waals surface area contributed by atoms with Crippen LogP contribution in [-0.2, 0) is 14.8 Å². The second-order valence-electron chi connectivity index (χ2n) is 6.06. The van der Waals surface area contributed by atoms with Gasteiger partial charge in [-0.2, -0.15) is 0 Å². The third-order valence-corrected chi connectivity index (χ3v) is 4.30. The maximum Gasteiger partial charge on any atom is 0.244 e. The summed E-state index contributed by atoms with van der Waals surface area (Å²) in [5, 5.41) is 2.83. The summed E-state index contributed by atoms with van der Waals surface area (Å²) in [6.45, 7) is 3.58.